The molecule has 2 fully saturated rings. The third kappa shape index (κ3) is 5.72. The van der Waals surface area contributed by atoms with Crippen LogP contribution in [-0.2, 0) is 28.7 Å². The Bertz CT molecular complexity index is 1820. The van der Waals surface area contributed by atoms with E-state index in [2.05, 4.69) is 5.32 Å². The Morgan fingerprint density at radius 3 is 2.30 bits per heavy atom. The molecule has 5 bridgehead atoms. The number of benzene rings is 3. The van der Waals surface area contributed by atoms with Crippen molar-refractivity contribution in [3.05, 3.63) is 125 Å². The predicted octanol–water partition coefficient (Wildman–Crippen LogP) is 4.27. The van der Waals surface area contributed by atoms with Crippen molar-refractivity contribution in [3.63, 3.8) is 0 Å². The molecule has 2 N–H and O–H groups in total. The minimum Gasteiger partial charge on any atom is -0.455 e. The van der Waals surface area contributed by atoms with Crippen molar-refractivity contribution in [1.82, 2.24) is 10.2 Å². The van der Waals surface area contributed by atoms with Crippen molar-refractivity contribution in [2.45, 2.75) is 56.6 Å². The van der Waals surface area contributed by atoms with E-state index in [1.807, 2.05) is 105 Å². The summed E-state index contributed by atoms with van der Waals surface area (Å²) in [5.41, 5.74) is 2.27. The maximum atomic E-state index is 15.3. The van der Waals surface area contributed by atoms with Crippen LogP contribution in [0.5, 0.6) is 0 Å². The van der Waals surface area contributed by atoms with Gasteiger partial charge in [0.15, 0.2) is 0 Å². The van der Waals surface area contributed by atoms with E-state index in [0.29, 0.717) is 23.2 Å². The number of nitrogens with zero attached hydrogens (tertiary/aromatic N) is 2. The third-order valence-electron chi connectivity index (χ3n) is 10.4. The molecule has 0 radical (unpaired) electrons. The third-order valence-corrected chi connectivity index (χ3v) is 10.4. The molecular weight excluding hydrogens is 634 g/mol. The number of hydrogen-bond acceptors (Lipinski definition) is 7. The van der Waals surface area contributed by atoms with E-state index >= 15 is 4.79 Å². The minimum absolute atomic E-state index is 0.0459. The van der Waals surface area contributed by atoms with Gasteiger partial charge in [-0.25, -0.2) is 0 Å². The molecular formula is C40H41N3O7. The predicted molar refractivity (Wildman–Crippen MR) is 186 cm³/mol. The van der Waals surface area contributed by atoms with Crippen LogP contribution in [-0.4, -0.2) is 71.1 Å². The van der Waals surface area contributed by atoms with Gasteiger partial charge in [-0.2, -0.15) is 0 Å². The van der Waals surface area contributed by atoms with Crippen LogP contribution in [0.15, 0.2) is 103 Å². The molecule has 4 aliphatic rings. The van der Waals surface area contributed by atoms with Crippen LogP contribution >= 0.6 is 0 Å². The number of para-hydroxylation sites is 1. The summed E-state index contributed by atoms with van der Waals surface area (Å²) in [6.45, 7) is 3.61. The van der Waals surface area contributed by atoms with Crippen LogP contribution in [0.25, 0.3) is 0 Å². The van der Waals surface area contributed by atoms with E-state index in [0.717, 1.165) is 11.1 Å². The monoisotopic (exact) mass is 675 g/mol. The zero-order chi connectivity index (χ0) is 35.0. The first-order valence-corrected chi connectivity index (χ1v) is 17.1. The molecule has 258 valence electrons. The molecule has 3 aromatic carbocycles. The summed E-state index contributed by atoms with van der Waals surface area (Å²) in [5, 5.41) is 13.8. The Morgan fingerprint density at radius 2 is 1.60 bits per heavy atom. The molecule has 0 saturated carbocycles. The number of amides is 3. The molecule has 4 aliphatic heterocycles. The summed E-state index contributed by atoms with van der Waals surface area (Å²) < 4.78 is 12.8. The normalized spacial score (nSPS) is 29.5. The van der Waals surface area contributed by atoms with Crippen LogP contribution in [0, 0.1) is 25.7 Å². The van der Waals surface area contributed by atoms with Gasteiger partial charge in [0.05, 0.1) is 31.2 Å². The van der Waals surface area contributed by atoms with Gasteiger partial charge in [-0.15, -0.1) is 0 Å². The van der Waals surface area contributed by atoms with Crippen molar-refractivity contribution in [3.8, 4) is 0 Å². The van der Waals surface area contributed by atoms with Crippen molar-refractivity contribution in [1.29, 1.82) is 0 Å². The van der Waals surface area contributed by atoms with Crippen LogP contribution in [0.4, 0.5) is 5.69 Å². The van der Waals surface area contributed by atoms with Crippen molar-refractivity contribution in [2.75, 3.05) is 24.6 Å². The number of aryl methyl sites for hydroxylation is 2. The second kappa shape index (κ2) is 13.7. The van der Waals surface area contributed by atoms with Crippen LogP contribution in [0.3, 0.4) is 0 Å². The molecule has 7 atom stereocenters. The van der Waals surface area contributed by atoms with Gasteiger partial charge in [-0.1, -0.05) is 103 Å². The minimum atomic E-state index is -1.49. The molecule has 2 saturated heterocycles. The zero-order valence-electron chi connectivity index (χ0n) is 28.1. The van der Waals surface area contributed by atoms with Crippen molar-refractivity contribution in [2.24, 2.45) is 11.8 Å². The first kappa shape index (κ1) is 33.4. The van der Waals surface area contributed by atoms with Gasteiger partial charge in [-0.3, -0.25) is 19.2 Å². The lowest BCUT2D eigenvalue weighted by atomic mass is 9.74. The molecule has 3 aromatic rings. The van der Waals surface area contributed by atoms with Crippen LogP contribution in [0.1, 0.15) is 47.2 Å². The summed E-state index contributed by atoms with van der Waals surface area (Å²) >= 11 is 0. The Morgan fingerprint density at radius 1 is 0.900 bits per heavy atom. The average Bonchev–Trinajstić information content (AvgIpc) is 3.77. The maximum absolute atomic E-state index is 15.3. The van der Waals surface area contributed by atoms with Gasteiger partial charge in [0.2, 0.25) is 11.8 Å². The Labute approximate surface area is 291 Å². The Hall–Kier alpha value is -5.06. The number of aliphatic hydroxyl groups is 1. The molecule has 0 aromatic heterocycles. The smallest absolute Gasteiger partial charge is 0.313 e. The first-order chi connectivity index (χ1) is 24.2. The fourth-order valence-corrected chi connectivity index (χ4v) is 8.11. The highest BCUT2D eigenvalue weighted by molar-refractivity contribution is 6.06. The second-order valence-electron chi connectivity index (χ2n) is 13.4. The summed E-state index contributed by atoms with van der Waals surface area (Å²) in [5.74, 6) is -3.88. The number of ether oxygens (including phenoxy) is 2. The number of cyclic esters (lactones) is 1. The lowest BCUT2D eigenvalue weighted by Crippen LogP contribution is -2.57. The van der Waals surface area contributed by atoms with E-state index in [4.69, 9.17) is 9.47 Å². The van der Waals surface area contributed by atoms with E-state index in [1.165, 1.54) is 4.90 Å². The molecule has 10 nitrogen and oxygen atoms in total. The summed E-state index contributed by atoms with van der Waals surface area (Å²) in [4.78, 5) is 60.5. The van der Waals surface area contributed by atoms with Gasteiger partial charge < -0.3 is 29.7 Å². The zero-order valence-corrected chi connectivity index (χ0v) is 28.1. The second-order valence-corrected chi connectivity index (χ2v) is 13.4. The molecule has 0 unspecified atom stereocenters. The molecule has 10 heteroatoms. The SMILES string of the molecule is Cc1cccc(C)c1N1C/C=C\CCC(=O)NC[C@H](c2ccccc2)OC(=O)[C@@H]2[C@H]3C(=O)N([C@H](CO)c4ccccc4)[C@H](C1=O)[C@]31C=C[C@H]2O1. The number of nitrogens with one attached hydrogen (secondary N) is 1. The Kier molecular flexibility index (Phi) is 9.15. The lowest BCUT2D eigenvalue weighted by molar-refractivity contribution is -0.160. The number of hydrogen-bond donors (Lipinski definition) is 2. The van der Waals surface area contributed by atoms with Crippen LogP contribution < -0.4 is 10.2 Å². The average molecular weight is 676 g/mol. The van der Waals surface area contributed by atoms with E-state index in [1.54, 1.807) is 17.1 Å². The Balaban J connectivity index is 1.38. The standard InChI is InChI=1S/C40H41N3O7/c1-25-13-12-14-26(2)35(25)42-22-11-5-10-19-32(45)41-23-31(28-17-8-4-9-18-28)49-39(48)33-30-20-21-40(50-30)34(33)37(46)43(36(40)38(42)47)29(24-44)27-15-6-3-7-16-27/h3-9,11-18,20-21,29-31,33-34,36,44H,10,19,22-24H2,1-2H3,(H,41,45)/b11-5-/t29-,30-,31-,33+,34+,36-,40+/m1/s1. The highest BCUT2D eigenvalue weighted by Gasteiger charge is 2.74. The highest BCUT2D eigenvalue weighted by Crippen LogP contribution is 2.57. The molecule has 3 amide bonds. The van der Waals surface area contributed by atoms with E-state index in [-0.39, 0.29) is 25.4 Å². The number of aliphatic hydroxyl groups excluding tert-OH is 1. The molecule has 4 heterocycles. The van der Waals surface area contributed by atoms with Crippen molar-refractivity contribution >= 4 is 29.4 Å². The number of rotatable bonds is 5. The number of anilines is 1. The molecule has 50 heavy (non-hydrogen) atoms. The molecule has 0 aliphatic carbocycles. The molecule has 7 rings (SSSR count). The van der Waals surface area contributed by atoms with Gasteiger partial charge >= 0.3 is 5.97 Å². The fourth-order valence-electron chi connectivity index (χ4n) is 8.11. The summed E-state index contributed by atoms with van der Waals surface area (Å²) in [7, 11) is 0. The maximum Gasteiger partial charge on any atom is 0.313 e. The van der Waals surface area contributed by atoms with Crippen molar-refractivity contribution < 1.29 is 33.8 Å². The topological polar surface area (TPSA) is 125 Å². The number of carbonyl (C=O) groups is 4. The first-order valence-electron chi connectivity index (χ1n) is 17.1. The van der Waals surface area contributed by atoms with E-state index < -0.39 is 66.1 Å². The lowest BCUT2D eigenvalue weighted by Gasteiger charge is -2.39. The van der Waals surface area contributed by atoms with Gasteiger partial charge in [-0.05, 0) is 42.5 Å². The number of esters is 1. The number of allylic oxidation sites excluding steroid dienone is 1. The van der Waals surface area contributed by atoms with E-state index in [9.17, 15) is 19.5 Å². The summed E-state index contributed by atoms with van der Waals surface area (Å²) in [6, 6.07) is 21.9. The number of fused-ring (bicyclic) bond motifs is 2. The number of likely N-dealkylation sites (tertiary alicyclic amines) is 1. The van der Waals surface area contributed by atoms with Gasteiger partial charge in [0.25, 0.3) is 5.91 Å². The number of carbonyl (C=O) groups excluding carboxylic acids is 4. The summed E-state index contributed by atoms with van der Waals surface area (Å²) in [6.07, 6.45) is 6.22. The van der Waals surface area contributed by atoms with Crippen LogP contribution in [0.2, 0.25) is 0 Å². The fraction of sp³-hybridized carbons (Fsp3) is 0.350. The highest BCUT2D eigenvalue weighted by atomic mass is 16.6. The largest absolute Gasteiger partial charge is 0.455 e. The van der Waals surface area contributed by atoms with Gasteiger partial charge in [0.1, 0.15) is 23.7 Å². The molecule has 1 spiro atoms. The quantitative estimate of drug-likeness (QED) is 0.306. The van der Waals surface area contributed by atoms with Gasteiger partial charge in [0, 0.05) is 18.7 Å².